The maximum Gasteiger partial charge on any atom is 0.119 e. The van der Waals surface area contributed by atoms with Crippen molar-refractivity contribution in [1.82, 2.24) is 0 Å². The zero-order valence-corrected chi connectivity index (χ0v) is 9.37. The van der Waals surface area contributed by atoms with Crippen molar-refractivity contribution < 1.29 is 9.47 Å². The predicted molar refractivity (Wildman–Crippen MR) is 61.1 cm³/mol. The molecule has 1 aromatic carbocycles. The highest BCUT2D eigenvalue weighted by Crippen LogP contribution is 2.09. The Labute approximate surface area is 92.2 Å². The van der Waals surface area contributed by atoms with Gasteiger partial charge in [0, 0.05) is 13.7 Å². The van der Waals surface area contributed by atoms with E-state index in [-0.39, 0.29) is 0 Å². The number of rotatable bonds is 8. The Morgan fingerprint density at radius 1 is 1.00 bits per heavy atom. The topological polar surface area (TPSA) is 18.5 Å². The Morgan fingerprint density at radius 2 is 1.67 bits per heavy atom. The molecular formula is C13H19O2. The van der Waals surface area contributed by atoms with Crippen molar-refractivity contribution in [2.24, 2.45) is 0 Å². The maximum absolute atomic E-state index is 5.56. The molecule has 0 aromatic heterocycles. The molecule has 15 heavy (non-hydrogen) atoms. The van der Waals surface area contributed by atoms with Crippen LogP contribution >= 0.6 is 0 Å². The van der Waals surface area contributed by atoms with Crippen LogP contribution in [0.25, 0.3) is 0 Å². The molecule has 0 N–H and O–H groups in total. The zero-order chi connectivity index (χ0) is 10.8. The van der Waals surface area contributed by atoms with E-state index >= 15 is 0 Å². The highest BCUT2D eigenvalue weighted by atomic mass is 16.5. The fourth-order valence-electron chi connectivity index (χ4n) is 1.36. The fourth-order valence-corrected chi connectivity index (χ4v) is 1.36. The van der Waals surface area contributed by atoms with Gasteiger partial charge in [-0.2, -0.15) is 0 Å². The molecule has 0 fully saturated rings. The third kappa shape index (κ3) is 6.13. The Kier molecular flexibility index (Phi) is 6.67. The third-order valence-electron chi connectivity index (χ3n) is 2.20. The van der Waals surface area contributed by atoms with Gasteiger partial charge in [-0.3, -0.25) is 0 Å². The van der Waals surface area contributed by atoms with E-state index in [1.165, 1.54) is 12.8 Å². The minimum Gasteiger partial charge on any atom is -0.494 e. The van der Waals surface area contributed by atoms with Gasteiger partial charge < -0.3 is 9.47 Å². The molecule has 2 nitrogen and oxygen atoms in total. The van der Waals surface area contributed by atoms with Crippen LogP contribution in [0.4, 0.5) is 0 Å². The molecule has 83 valence electrons. The predicted octanol–water partition coefficient (Wildman–Crippen LogP) is 3.07. The summed E-state index contributed by atoms with van der Waals surface area (Å²) in [6.45, 7) is 1.67. The van der Waals surface area contributed by atoms with Gasteiger partial charge in [0.25, 0.3) is 0 Å². The smallest absolute Gasteiger partial charge is 0.119 e. The van der Waals surface area contributed by atoms with Crippen LogP contribution in [0.5, 0.6) is 5.75 Å². The molecule has 1 rings (SSSR count). The van der Waals surface area contributed by atoms with Crippen molar-refractivity contribution in [3.05, 3.63) is 30.3 Å². The molecule has 0 atom stereocenters. The molecule has 0 saturated carbocycles. The van der Waals surface area contributed by atoms with Gasteiger partial charge in [-0.25, -0.2) is 0 Å². The highest BCUT2D eigenvalue weighted by Gasteiger charge is 1.92. The first-order valence-electron chi connectivity index (χ1n) is 5.51. The van der Waals surface area contributed by atoms with Gasteiger partial charge in [-0.15, -0.1) is 0 Å². The normalized spacial score (nSPS) is 10.2. The van der Waals surface area contributed by atoms with Gasteiger partial charge in [0.05, 0.1) is 6.61 Å². The van der Waals surface area contributed by atoms with E-state index in [1.54, 1.807) is 7.11 Å². The monoisotopic (exact) mass is 207 g/mol. The second-order valence-corrected chi connectivity index (χ2v) is 3.49. The van der Waals surface area contributed by atoms with Gasteiger partial charge in [0.1, 0.15) is 5.75 Å². The molecule has 0 aliphatic rings. The summed E-state index contributed by atoms with van der Waals surface area (Å²) in [6.07, 6.45) is 4.70. The molecule has 0 spiro atoms. The average Bonchev–Trinajstić information content (AvgIpc) is 2.29. The lowest BCUT2D eigenvalue weighted by Gasteiger charge is -2.05. The highest BCUT2D eigenvalue weighted by molar-refractivity contribution is 5.20. The van der Waals surface area contributed by atoms with E-state index in [0.29, 0.717) is 0 Å². The number of ether oxygens (including phenoxy) is 2. The summed E-state index contributed by atoms with van der Waals surface area (Å²) in [5.41, 5.74) is 0. The van der Waals surface area contributed by atoms with Crippen molar-refractivity contribution in [3.63, 3.8) is 0 Å². The third-order valence-corrected chi connectivity index (χ3v) is 2.20. The van der Waals surface area contributed by atoms with E-state index in [4.69, 9.17) is 9.47 Å². The molecular weight excluding hydrogens is 188 g/mol. The van der Waals surface area contributed by atoms with Gasteiger partial charge >= 0.3 is 0 Å². The summed E-state index contributed by atoms with van der Waals surface area (Å²) in [4.78, 5) is 0. The van der Waals surface area contributed by atoms with Gasteiger partial charge in [-0.1, -0.05) is 18.6 Å². The molecule has 0 aliphatic heterocycles. The van der Waals surface area contributed by atoms with Gasteiger partial charge in [-0.05, 0) is 37.5 Å². The van der Waals surface area contributed by atoms with E-state index in [1.807, 2.05) is 24.3 Å². The molecule has 0 heterocycles. The van der Waals surface area contributed by atoms with Crippen LogP contribution in [0.15, 0.2) is 24.3 Å². The van der Waals surface area contributed by atoms with Crippen LogP contribution in [0.3, 0.4) is 0 Å². The largest absolute Gasteiger partial charge is 0.494 e. The van der Waals surface area contributed by atoms with Crippen LogP contribution in [-0.2, 0) is 4.74 Å². The summed E-state index contributed by atoms with van der Waals surface area (Å²) >= 11 is 0. The first-order chi connectivity index (χ1) is 7.43. The number of methoxy groups -OCH3 is 1. The molecule has 0 aliphatic carbocycles. The zero-order valence-electron chi connectivity index (χ0n) is 9.37. The van der Waals surface area contributed by atoms with Crippen molar-refractivity contribution >= 4 is 0 Å². The Morgan fingerprint density at radius 3 is 2.33 bits per heavy atom. The average molecular weight is 207 g/mol. The summed E-state index contributed by atoms with van der Waals surface area (Å²) in [5.74, 6) is 0.936. The molecule has 0 bridgehead atoms. The Balaban J connectivity index is 1.93. The number of benzene rings is 1. The fraction of sp³-hybridized carbons (Fsp3) is 0.538. The van der Waals surface area contributed by atoms with E-state index in [2.05, 4.69) is 6.07 Å². The molecule has 0 unspecified atom stereocenters. The SMILES string of the molecule is COCCCCCCOc1cc[c]cc1. The molecule has 1 aromatic rings. The van der Waals surface area contributed by atoms with E-state index in [9.17, 15) is 0 Å². The van der Waals surface area contributed by atoms with Crippen LogP contribution < -0.4 is 4.74 Å². The van der Waals surface area contributed by atoms with Crippen LogP contribution in [-0.4, -0.2) is 20.3 Å². The minimum absolute atomic E-state index is 0.803. The van der Waals surface area contributed by atoms with Crippen molar-refractivity contribution in [2.45, 2.75) is 25.7 Å². The van der Waals surface area contributed by atoms with Crippen LogP contribution in [0.2, 0.25) is 0 Å². The lowest BCUT2D eigenvalue weighted by atomic mass is 10.2. The standard InChI is InChI=1S/C13H19O2/c1-14-11-7-2-3-8-12-15-13-9-5-4-6-10-13/h5-6,9-10H,2-3,7-8,11-12H2,1H3. The second kappa shape index (κ2) is 8.30. The van der Waals surface area contributed by atoms with Gasteiger partial charge in [0.2, 0.25) is 0 Å². The van der Waals surface area contributed by atoms with Crippen molar-refractivity contribution in [2.75, 3.05) is 20.3 Å². The Hall–Kier alpha value is -1.02. The minimum atomic E-state index is 0.803. The second-order valence-electron chi connectivity index (χ2n) is 3.49. The summed E-state index contributed by atoms with van der Waals surface area (Å²) in [5, 5.41) is 0. The summed E-state index contributed by atoms with van der Waals surface area (Å²) in [7, 11) is 1.75. The number of hydrogen-bond donors (Lipinski definition) is 0. The Bertz CT molecular complexity index is 234. The maximum atomic E-state index is 5.56. The molecule has 0 saturated heterocycles. The van der Waals surface area contributed by atoms with Gasteiger partial charge in [0.15, 0.2) is 0 Å². The number of unbranched alkanes of at least 4 members (excludes halogenated alkanes) is 3. The number of hydrogen-bond acceptors (Lipinski definition) is 2. The molecule has 1 radical (unpaired) electrons. The quantitative estimate of drug-likeness (QED) is 0.610. The van der Waals surface area contributed by atoms with Crippen molar-refractivity contribution in [3.8, 4) is 5.75 Å². The van der Waals surface area contributed by atoms with E-state index in [0.717, 1.165) is 31.8 Å². The lowest BCUT2D eigenvalue weighted by Crippen LogP contribution is -1.97. The van der Waals surface area contributed by atoms with Crippen LogP contribution in [0, 0.1) is 6.07 Å². The lowest BCUT2D eigenvalue weighted by molar-refractivity contribution is 0.191. The summed E-state index contributed by atoms with van der Waals surface area (Å²) < 4.78 is 10.5. The first kappa shape index (κ1) is 12.1. The molecule has 2 heteroatoms. The molecule has 0 amide bonds. The van der Waals surface area contributed by atoms with Crippen LogP contribution in [0.1, 0.15) is 25.7 Å². The van der Waals surface area contributed by atoms with E-state index < -0.39 is 0 Å². The first-order valence-corrected chi connectivity index (χ1v) is 5.51. The summed E-state index contributed by atoms with van der Waals surface area (Å²) in [6, 6.07) is 10.6. The van der Waals surface area contributed by atoms with Crippen molar-refractivity contribution in [1.29, 1.82) is 0 Å².